The molecule has 0 spiro atoms. The zero-order valence-corrected chi connectivity index (χ0v) is 16.4. The molecule has 7 nitrogen and oxygen atoms in total. The molecule has 0 aliphatic heterocycles. The number of thioether (sulfide) groups is 1. The summed E-state index contributed by atoms with van der Waals surface area (Å²) in [5.74, 6) is 1.02. The van der Waals surface area contributed by atoms with Gasteiger partial charge in [-0.25, -0.2) is 0 Å². The molecule has 1 aromatic heterocycles. The van der Waals surface area contributed by atoms with Crippen molar-refractivity contribution in [1.82, 2.24) is 10.1 Å². The number of nitrogens with two attached hydrogens (primary N) is 1. The zero-order valence-electron chi connectivity index (χ0n) is 14.8. The van der Waals surface area contributed by atoms with Crippen LogP contribution in [0.3, 0.4) is 0 Å². The maximum Gasteiger partial charge on any atom is 0.238 e. The van der Waals surface area contributed by atoms with Crippen molar-refractivity contribution in [2.75, 3.05) is 31.2 Å². The molecule has 0 aliphatic carbocycles. The number of hydrogen-bond donors (Lipinski definition) is 2. The summed E-state index contributed by atoms with van der Waals surface area (Å²) in [5.41, 5.74) is 5.56. The fraction of sp³-hybridized carbons (Fsp3) is 0.667. The van der Waals surface area contributed by atoms with Gasteiger partial charge in [0.2, 0.25) is 11.8 Å². The highest BCUT2D eigenvalue weighted by atomic mass is 35.5. The molecule has 138 valence electrons. The van der Waals surface area contributed by atoms with Crippen LogP contribution in [0.25, 0.3) is 0 Å². The minimum absolute atomic E-state index is 0. The van der Waals surface area contributed by atoms with Crippen LogP contribution in [0.5, 0.6) is 0 Å². The molecular formula is C15H27ClN4O3S. The van der Waals surface area contributed by atoms with Crippen LogP contribution in [0.4, 0.5) is 5.82 Å². The molecule has 0 fully saturated rings. The fourth-order valence-electron chi connectivity index (χ4n) is 1.83. The maximum atomic E-state index is 12.1. The fourth-order valence-corrected chi connectivity index (χ4v) is 2.65. The molecule has 0 saturated heterocycles. The van der Waals surface area contributed by atoms with E-state index in [9.17, 15) is 9.59 Å². The Morgan fingerprint density at radius 2 is 2.12 bits per heavy atom. The summed E-state index contributed by atoms with van der Waals surface area (Å²) in [7, 11) is 1.75. The molecule has 0 saturated carbocycles. The van der Waals surface area contributed by atoms with E-state index in [1.165, 1.54) is 11.8 Å². The van der Waals surface area contributed by atoms with Gasteiger partial charge in [0.15, 0.2) is 5.82 Å². The van der Waals surface area contributed by atoms with Gasteiger partial charge >= 0.3 is 0 Å². The van der Waals surface area contributed by atoms with Gasteiger partial charge in [0, 0.05) is 19.7 Å². The average Bonchev–Trinajstić information content (AvgIpc) is 2.88. The third-order valence-corrected chi connectivity index (χ3v) is 4.48. The second-order valence-electron chi connectivity index (χ2n) is 6.38. The van der Waals surface area contributed by atoms with E-state index >= 15 is 0 Å². The van der Waals surface area contributed by atoms with Gasteiger partial charge in [-0.15, -0.1) is 24.2 Å². The molecular weight excluding hydrogens is 352 g/mol. The Morgan fingerprint density at radius 1 is 1.50 bits per heavy atom. The standard InChI is InChI=1S/C15H26N4O3S.ClH/c1-10-6-12(18-22-10)17-14(21)11(2)23-7-13(20)19(5)9-15(3,4)8-16;/h6,11H,7-9,16H2,1-5H3,(H,17,18,21);1H. The maximum absolute atomic E-state index is 12.1. The molecule has 1 aromatic rings. The summed E-state index contributed by atoms with van der Waals surface area (Å²) in [4.78, 5) is 25.8. The molecule has 0 aromatic carbocycles. The molecule has 0 aliphatic rings. The van der Waals surface area contributed by atoms with Crippen molar-refractivity contribution in [3.63, 3.8) is 0 Å². The van der Waals surface area contributed by atoms with E-state index < -0.39 is 0 Å². The molecule has 9 heteroatoms. The van der Waals surface area contributed by atoms with Gasteiger partial charge in [-0.05, 0) is 25.8 Å². The number of rotatable bonds is 8. The number of nitrogens with one attached hydrogen (secondary N) is 1. The van der Waals surface area contributed by atoms with Crippen LogP contribution >= 0.6 is 24.2 Å². The molecule has 1 heterocycles. The minimum Gasteiger partial charge on any atom is -0.360 e. The topological polar surface area (TPSA) is 101 Å². The summed E-state index contributed by atoms with van der Waals surface area (Å²) < 4.78 is 4.89. The largest absolute Gasteiger partial charge is 0.360 e. The van der Waals surface area contributed by atoms with E-state index in [1.807, 2.05) is 13.8 Å². The highest BCUT2D eigenvalue weighted by Crippen LogP contribution is 2.17. The highest BCUT2D eigenvalue weighted by Gasteiger charge is 2.22. The third-order valence-electron chi connectivity index (χ3n) is 3.35. The van der Waals surface area contributed by atoms with Gasteiger partial charge in [-0.2, -0.15) is 0 Å². The second-order valence-corrected chi connectivity index (χ2v) is 7.71. The molecule has 0 bridgehead atoms. The van der Waals surface area contributed by atoms with Crippen molar-refractivity contribution >= 4 is 41.8 Å². The Hall–Kier alpha value is -1.25. The lowest BCUT2D eigenvalue weighted by Crippen LogP contribution is -2.40. The molecule has 0 radical (unpaired) electrons. The van der Waals surface area contributed by atoms with Gasteiger partial charge in [0.1, 0.15) is 5.76 Å². The number of aromatic nitrogens is 1. The Labute approximate surface area is 153 Å². The number of carbonyl (C=O) groups is 2. The minimum atomic E-state index is -0.369. The monoisotopic (exact) mass is 378 g/mol. The van der Waals surface area contributed by atoms with Crippen molar-refractivity contribution in [1.29, 1.82) is 0 Å². The zero-order chi connectivity index (χ0) is 17.6. The van der Waals surface area contributed by atoms with Crippen LogP contribution in [0.2, 0.25) is 0 Å². The molecule has 2 amide bonds. The van der Waals surface area contributed by atoms with Crippen molar-refractivity contribution in [2.24, 2.45) is 11.1 Å². The van der Waals surface area contributed by atoms with E-state index in [-0.39, 0.29) is 40.6 Å². The predicted octanol–water partition coefficient (Wildman–Crippen LogP) is 1.91. The third kappa shape index (κ3) is 7.55. The Kier molecular flexibility index (Phi) is 9.39. The first-order chi connectivity index (χ1) is 10.6. The predicted molar refractivity (Wildman–Crippen MR) is 99.5 cm³/mol. The smallest absolute Gasteiger partial charge is 0.238 e. The SMILES string of the molecule is Cc1cc(NC(=O)C(C)SCC(=O)N(C)CC(C)(C)CN)no1.Cl. The van der Waals surface area contributed by atoms with Crippen molar-refractivity contribution in [3.05, 3.63) is 11.8 Å². The van der Waals surface area contributed by atoms with Crippen LogP contribution in [0, 0.1) is 12.3 Å². The Balaban J connectivity index is 0.00000529. The first kappa shape index (κ1) is 22.8. The lowest BCUT2D eigenvalue weighted by atomic mass is 9.93. The highest BCUT2D eigenvalue weighted by molar-refractivity contribution is 8.01. The van der Waals surface area contributed by atoms with E-state index in [1.54, 1.807) is 31.9 Å². The van der Waals surface area contributed by atoms with E-state index in [0.717, 1.165) is 0 Å². The Morgan fingerprint density at radius 3 is 2.62 bits per heavy atom. The number of amides is 2. The summed E-state index contributed by atoms with van der Waals surface area (Å²) in [5, 5.41) is 6.00. The normalized spacial score (nSPS) is 12.2. The van der Waals surface area contributed by atoms with Crippen LogP contribution in [-0.2, 0) is 9.59 Å². The molecule has 3 N–H and O–H groups in total. The van der Waals surface area contributed by atoms with Crippen LogP contribution < -0.4 is 11.1 Å². The van der Waals surface area contributed by atoms with Gasteiger partial charge in [-0.1, -0.05) is 19.0 Å². The molecule has 1 atom stereocenters. The summed E-state index contributed by atoms with van der Waals surface area (Å²) >= 11 is 1.29. The Bertz CT molecular complexity index is 551. The van der Waals surface area contributed by atoms with Crippen LogP contribution in [0.1, 0.15) is 26.5 Å². The molecule has 1 rings (SSSR count). The van der Waals surface area contributed by atoms with Crippen molar-refractivity contribution in [2.45, 2.75) is 32.9 Å². The summed E-state index contributed by atoms with van der Waals surface area (Å²) in [6.07, 6.45) is 0. The lowest BCUT2D eigenvalue weighted by Gasteiger charge is -2.29. The van der Waals surface area contributed by atoms with Gasteiger partial charge in [0.25, 0.3) is 0 Å². The summed E-state index contributed by atoms with van der Waals surface area (Å²) in [6, 6.07) is 1.64. The van der Waals surface area contributed by atoms with Gasteiger partial charge < -0.3 is 20.5 Å². The molecule has 1 unspecified atom stereocenters. The number of nitrogens with zero attached hydrogens (tertiary/aromatic N) is 2. The lowest BCUT2D eigenvalue weighted by molar-refractivity contribution is -0.128. The number of halogens is 1. The summed E-state index contributed by atoms with van der Waals surface area (Å²) in [6.45, 7) is 8.62. The second kappa shape index (κ2) is 9.90. The quantitative estimate of drug-likeness (QED) is 0.716. The number of carbonyl (C=O) groups excluding carboxylic acids is 2. The van der Waals surface area contributed by atoms with E-state index in [0.29, 0.717) is 24.7 Å². The van der Waals surface area contributed by atoms with Gasteiger partial charge in [0.05, 0.1) is 11.0 Å². The van der Waals surface area contributed by atoms with Crippen LogP contribution in [-0.4, -0.2) is 53.0 Å². The number of hydrogen-bond acceptors (Lipinski definition) is 6. The number of anilines is 1. The first-order valence-corrected chi connectivity index (χ1v) is 8.49. The first-order valence-electron chi connectivity index (χ1n) is 7.44. The average molecular weight is 379 g/mol. The molecule has 24 heavy (non-hydrogen) atoms. The van der Waals surface area contributed by atoms with Crippen molar-refractivity contribution < 1.29 is 14.1 Å². The van der Waals surface area contributed by atoms with Crippen LogP contribution in [0.15, 0.2) is 10.6 Å². The van der Waals surface area contributed by atoms with Gasteiger partial charge in [-0.3, -0.25) is 9.59 Å². The van der Waals surface area contributed by atoms with Crippen molar-refractivity contribution in [3.8, 4) is 0 Å². The number of aryl methyl sites for hydroxylation is 1. The van der Waals surface area contributed by atoms with E-state index in [2.05, 4.69) is 10.5 Å². The van der Waals surface area contributed by atoms with E-state index in [4.69, 9.17) is 10.3 Å².